The zero-order chi connectivity index (χ0) is 9.54. The Kier molecular flexibility index (Phi) is 122. The van der Waals surface area contributed by atoms with Crippen molar-refractivity contribution < 1.29 is 0 Å². The van der Waals surface area contributed by atoms with Gasteiger partial charge in [0.25, 0.3) is 0 Å². The van der Waals surface area contributed by atoms with Crippen molar-refractivity contribution in [1.82, 2.24) is 0 Å². The van der Waals surface area contributed by atoms with Crippen LogP contribution in [-0.4, -0.2) is 58.9 Å². The van der Waals surface area contributed by atoms with Crippen molar-refractivity contribution in [1.29, 1.82) is 0 Å². The predicted molar refractivity (Wildman–Crippen MR) is 67.2 cm³/mol. The average Bonchev–Trinajstić information content (AvgIpc) is 2.71. The molecule has 0 atom stereocenters. The first-order valence-electron chi connectivity index (χ1n) is 3.40. The molecule has 0 aromatic rings. The van der Waals surface area contributed by atoms with Gasteiger partial charge in [0.15, 0.2) is 0 Å². The fourth-order valence-electron chi connectivity index (χ4n) is 0.321. The van der Waals surface area contributed by atoms with E-state index in [0.717, 1.165) is 0 Å². The first kappa shape index (κ1) is 29.2. The normalized spacial score (nSPS) is 8.15. The van der Waals surface area contributed by atoms with Crippen LogP contribution in [0.2, 0.25) is 0 Å². The first-order chi connectivity index (χ1) is 5.50. The fourth-order valence-corrected chi connectivity index (χ4v) is 0.321. The summed E-state index contributed by atoms with van der Waals surface area (Å²) in [5, 5.41) is 0. The number of allylic oxidation sites excluding steroid dienone is 4. The zero-order valence-corrected chi connectivity index (χ0v) is 7.62. The van der Waals surface area contributed by atoms with Crippen LogP contribution in [0.3, 0.4) is 0 Å². The fraction of sp³-hybridized carbons (Fsp3) is 0.375. The average molecular weight is 174 g/mol. The van der Waals surface area contributed by atoms with E-state index in [2.05, 4.69) is 17.2 Å². The second kappa shape index (κ2) is 54.3. The van der Waals surface area contributed by atoms with Crippen LogP contribution in [0.1, 0.15) is 0 Å². The molecule has 0 saturated heterocycles. The maximum absolute atomic E-state index is 4.50. The van der Waals surface area contributed by atoms with Gasteiger partial charge in [0.1, 0.15) is 0 Å². The van der Waals surface area contributed by atoms with E-state index in [1.54, 1.807) is 0 Å². The van der Waals surface area contributed by atoms with Crippen LogP contribution in [0.15, 0.2) is 24.3 Å². The van der Waals surface area contributed by atoms with Gasteiger partial charge in [-0.2, -0.15) is 0 Å². The van der Waals surface area contributed by atoms with Gasteiger partial charge in [-0.15, -0.1) is 0 Å². The van der Waals surface area contributed by atoms with Gasteiger partial charge in [-0.05, 0) is 21.1 Å². The van der Waals surface area contributed by atoms with E-state index in [9.17, 15) is 0 Å². The van der Waals surface area contributed by atoms with Crippen LogP contribution >= 0.6 is 0 Å². The van der Waals surface area contributed by atoms with E-state index in [1.807, 2.05) is 30.7 Å². The molecule has 0 unspecified atom stereocenters. The van der Waals surface area contributed by atoms with Crippen LogP contribution < -0.4 is 17.2 Å². The second-order valence-electron chi connectivity index (χ2n) is 0.962. The van der Waals surface area contributed by atoms with E-state index in [4.69, 9.17) is 0 Å². The molecule has 3 nitrogen and oxygen atoms in total. The molecule has 0 spiro atoms. The molecule has 0 aromatic heterocycles. The van der Waals surface area contributed by atoms with Gasteiger partial charge in [-0.1, -0.05) is 24.3 Å². The molecule has 0 aromatic carbocycles. The molecule has 1 rings (SSSR count). The minimum absolute atomic E-state index is 0. The van der Waals surface area contributed by atoms with Crippen molar-refractivity contribution in [3.63, 3.8) is 0 Å². The van der Waals surface area contributed by atoms with Crippen molar-refractivity contribution in [3.05, 3.63) is 30.7 Å². The molecule has 0 amide bonds. The third-order valence-electron chi connectivity index (χ3n) is 0.556. The van der Waals surface area contributed by atoms with Gasteiger partial charge >= 0.3 is 37.7 Å². The Morgan fingerprint density at radius 1 is 0.538 bits per heavy atom. The summed E-state index contributed by atoms with van der Waals surface area (Å²) in [5.74, 6) is 0. The van der Waals surface area contributed by atoms with Gasteiger partial charge in [0, 0.05) is 6.42 Å². The molecular weight excluding hydrogens is 152 g/mol. The first-order valence-corrected chi connectivity index (χ1v) is 3.40. The molecule has 0 heterocycles. The standard InChI is InChI=1S/C5H5.3CH5N.2Li.2H/c1-2-4-5-3-1;3*1-2;;;;/h1-5H;3*2H2,1H3;;;;. The molecule has 1 radical (unpaired) electrons. The molecule has 13 heavy (non-hydrogen) atoms. The summed E-state index contributed by atoms with van der Waals surface area (Å²) in [6, 6.07) is 0. The predicted octanol–water partition coefficient (Wildman–Crippen LogP) is -1.26. The van der Waals surface area contributed by atoms with Crippen LogP contribution in [0.5, 0.6) is 0 Å². The molecular formula is C8H22Li2N3. The molecule has 0 fully saturated rings. The van der Waals surface area contributed by atoms with E-state index in [1.165, 1.54) is 21.1 Å². The van der Waals surface area contributed by atoms with Crippen LogP contribution in [0.4, 0.5) is 0 Å². The summed E-state index contributed by atoms with van der Waals surface area (Å²) in [5.41, 5.74) is 13.5. The summed E-state index contributed by atoms with van der Waals surface area (Å²) in [4.78, 5) is 0. The van der Waals surface area contributed by atoms with Crippen molar-refractivity contribution in [2.45, 2.75) is 0 Å². The van der Waals surface area contributed by atoms with E-state index >= 15 is 0 Å². The zero-order valence-electron chi connectivity index (χ0n) is 7.62. The van der Waals surface area contributed by atoms with E-state index < -0.39 is 0 Å². The van der Waals surface area contributed by atoms with Crippen molar-refractivity contribution in [2.75, 3.05) is 21.1 Å². The molecule has 0 aliphatic heterocycles. The Balaban J connectivity index is -0.0000000239. The molecule has 71 valence electrons. The molecule has 0 saturated carbocycles. The van der Waals surface area contributed by atoms with Gasteiger partial charge < -0.3 is 17.2 Å². The Hall–Kier alpha value is 0.555. The topological polar surface area (TPSA) is 78.1 Å². The summed E-state index contributed by atoms with van der Waals surface area (Å²) < 4.78 is 0. The third-order valence-corrected chi connectivity index (χ3v) is 0.556. The van der Waals surface area contributed by atoms with Gasteiger partial charge in [-0.3, -0.25) is 0 Å². The van der Waals surface area contributed by atoms with Crippen molar-refractivity contribution >= 4 is 37.7 Å². The Morgan fingerprint density at radius 2 is 0.769 bits per heavy atom. The second-order valence-corrected chi connectivity index (χ2v) is 0.962. The van der Waals surface area contributed by atoms with Crippen LogP contribution in [-0.2, 0) is 0 Å². The molecule has 0 bridgehead atoms. The summed E-state index contributed by atoms with van der Waals surface area (Å²) in [6.07, 6.45) is 10.0. The molecule has 1 aliphatic rings. The quantitative estimate of drug-likeness (QED) is 0.401. The van der Waals surface area contributed by atoms with Gasteiger partial charge in [0.05, 0.1) is 0 Å². The summed E-state index contributed by atoms with van der Waals surface area (Å²) in [6.45, 7) is 0. The Labute approximate surface area is 107 Å². The SMILES string of the molecule is CN.CN.CN.[CH]1C=CC=C1.[LiH].[LiH]. The summed E-state index contributed by atoms with van der Waals surface area (Å²) in [7, 11) is 4.50. The van der Waals surface area contributed by atoms with Gasteiger partial charge in [0.2, 0.25) is 0 Å². The number of nitrogens with two attached hydrogens (primary N) is 3. The minimum atomic E-state index is 0. The van der Waals surface area contributed by atoms with Gasteiger partial charge in [-0.25, -0.2) is 0 Å². The maximum atomic E-state index is 4.50. The number of rotatable bonds is 0. The molecule has 5 heteroatoms. The molecule has 6 N–H and O–H groups in total. The van der Waals surface area contributed by atoms with Crippen LogP contribution in [0.25, 0.3) is 0 Å². The molecule has 1 aliphatic carbocycles. The Bertz CT molecular complexity index is 75.5. The van der Waals surface area contributed by atoms with E-state index in [0.29, 0.717) is 0 Å². The van der Waals surface area contributed by atoms with Crippen molar-refractivity contribution in [3.8, 4) is 0 Å². The van der Waals surface area contributed by atoms with E-state index in [-0.39, 0.29) is 37.7 Å². The van der Waals surface area contributed by atoms with Crippen molar-refractivity contribution in [2.24, 2.45) is 17.2 Å². The summed E-state index contributed by atoms with van der Waals surface area (Å²) >= 11 is 0. The third kappa shape index (κ3) is 45.3. The number of hydrogen-bond donors (Lipinski definition) is 3. The Morgan fingerprint density at radius 3 is 0.846 bits per heavy atom. The number of hydrogen-bond acceptors (Lipinski definition) is 3. The monoisotopic (exact) mass is 174 g/mol. The van der Waals surface area contributed by atoms with Crippen LogP contribution in [0, 0.1) is 6.42 Å².